The van der Waals surface area contributed by atoms with Gasteiger partial charge < -0.3 is 9.80 Å². The molecule has 0 aliphatic carbocycles. The zero-order chi connectivity index (χ0) is 16.2. The van der Waals surface area contributed by atoms with Crippen molar-refractivity contribution in [2.45, 2.75) is 32.7 Å². The Balaban J connectivity index is 1.42. The number of hydrogen-bond donors (Lipinski definition) is 1. The smallest absolute Gasteiger partial charge is 0.219 e. The van der Waals surface area contributed by atoms with Crippen molar-refractivity contribution in [3.8, 4) is 0 Å². The largest absolute Gasteiger partial charge is 0.340 e. The van der Waals surface area contributed by atoms with E-state index < -0.39 is 0 Å². The fourth-order valence-electron chi connectivity index (χ4n) is 4.00. The Hall–Kier alpha value is -1.40. The molecule has 1 amide bonds. The molecule has 2 unspecified atom stereocenters. The van der Waals surface area contributed by atoms with Gasteiger partial charge in [0, 0.05) is 58.4 Å². The summed E-state index contributed by atoms with van der Waals surface area (Å²) in [6.45, 7) is 11.4. The number of rotatable bonds is 5. The van der Waals surface area contributed by atoms with Crippen molar-refractivity contribution in [3.05, 3.63) is 18.0 Å². The number of aryl methyl sites for hydroxylation is 1. The predicted molar refractivity (Wildman–Crippen MR) is 90.1 cm³/mol. The highest BCUT2D eigenvalue weighted by molar-refractivity contribution is 5.73. The molecule has 3 heterocycles. The maximum absolute atomic E-state index is 11.5. The molecule has 1 aromatic heterocycles. The first-order valence-corrected chi connectivity index (χ1v) is 8.83. The van der Waals surface area contributed by atoms with Crippen LogP contribution in [0.15, 0.2) is 12.4 Å². The van der Waals surface area contributed by atoms with Crippen molar-refractivity contribution in [2.24, 2.45) is 5.92 Å². The van der Waals surface area contributed by atoms with Gasteiger partial charge in [-0.3, -0.25) is 14.8 Å². The molecule has 2 fully saturated rings. The molecule has 1 aromatic rings. The fraction of sp³-hybridized carbons (Fsp3) is 0.765. The van der Waals surface area contributed by atoms with Crippen LogP contribution >= 0.6 is 0 Å². The van der Waals surface area contributed by atoms with Crippen LogP contribution in [0.3, 0.4) is 0 Å². The summed E-state index contributed by atoms with van der Waals surface area (Å²) in [6.07, 6.45) is 6.20. The molecule has 2 atom stereocenters. The van der Waals surface area contributed by atoms with Crippen LogP contribution in [-0.4, -0.2) is 82.7 Å². The van der Waals surface area contributed by atoms with Crippen LogP contribution in [0.2, 0.25) is 0 Å². The fourth-order valence-corrected chi connectivity index (χ4v) is 4.00. The monoisotopic (exact) mass is 319 g/mol. The maximum Gasteiger partial charge on any atom is 0.219 e. The van der Waals surface area contributed by atoms with E-state index in [1.807, 2.05) is 17.3 Å². The number of nitrogens with zero attached hydrogens (tertiary/aromatic N) is 4. The van der Waals surface area contributed by atoms with Gasteiger partial charge in [0.05, 0.1) is 6.20 Å². The number of nitrogens with one attached hydrogen (secondary N) is 1. The second kappa shape index (κ2) is 7.45. The Labute approximate surface area is 138 Å². The zero-order valence-electron chi connectivity index (χ0n) is 14.4. The quantitative estimate of drug-likeness (QED) is 0.873. The molecular weight excluding hydrogens is 290 g/mol. The molecule has 128 valence electrons. The van der Waals surface area contributed by atoms with E-state index in [9.17, 15) is 4.79 Å². The van der Waals surface area contributed by atoms with E-state index in [0.717, 1.165) is 32.6 Å². The summed E-state index contributed by atoms with van der Waals surface area (Å²) in [7, 11) is 0. The van der Waals surface area contributed by atoms with E-state index >= 15 is 0 Å². The third-order valence-corrected chi connectivity index (χ3v) is 5.37. The van der Waals surface area contributed by atoms with Gasteiger partial charge >= 0.3 is 0 Å². The summed E-state index contributed by atoms with van der Waals surface area (Å²) in [6, 6.07) is 0.651. The molecule has 2 aliphatic heterocycles. The number of likely N-dealkylation sites (tertiary alicyclic amines) is 1. The van der Waals surface area contributed by atoms with E-state index in [-0.39, 0.29) is 5.91 Å². The van der Waals surface area contributed by atoms with Crippen molar-refractivity contribution in [1.82, 2.24) is 24.9 Å². The summed E-state index contributed by atoms with van der Waals surface area (Å²) in [5.74, 6) is 0.929. The topological polar surface area (TPSA) is 55.5 Å². The number of carbonyl (C=O) groups excluding carboxylic acids is 1. The average molecular weight is 319 g/mol. The minimum Gasteiger partial charge on any atom is -0.340 e. The molecule has 6 nitrogen and oxygen atoms in total. The number of amides is 1. The van der Waals surface area contributed by atoms with Crippen molar-refractivity contribution in [3.63, 3.8) is 0 Å². The molecule has 0 aromatic carbocycles. The molecule has 3 rings (SSSR count). The first-order valence-electron chi connectivity index (χ1n) is 8.83. The summed E-state index contributed by atoms with van der Waals surface area (Å²) in [4.78, 5) is 18.6. The van der Waals surface area contributed by atoms with Crippen molar-refractivity contribution in [1.29, 1.82) is 0 Å². The van der Waals surface area contributed by atoms with Crippen LogP contribution in [0.5, 0.6) is 0 Å². The number of hydrogen-bond acceptors (Lipinski definition) is 4. The molecule has 6 heteroatoms. The van der Waals surface area contributed by atoms with Crippen LogP contribution in [0.25, 0.3) is 0 Å². The zero-order valence-corrected chi connectivity index (χ0v) is 14.4. The molecule has 2 aliphatic rings. The summed E-state index contributed by atoms with van der Waals surface area (Å²) in [5.41, 5.74) is 1.30. The Morgan fingerprint density at radius 1 is 1.30 bits per heavy atom. The highest BCUT2D eigenvalue weighted by Crippen LogP contribution is 2.23. The van der Waals surface area contributed by atoms with Crippen molar-refractivity contribution < 1.29 is 4.79 Å². The summed E-state index contributed by atoms with van der Waals surface area (Å²) >= 11 is 0. The van der Waals surface area contributed by atoms with E-state index in [0.29, 0.717) is 12.0 Å². The van der Waals surface area contributed by atoms with Gasteiger partial charge in [-0.15, -0.1) is 0 Å². The third-order valence-electron chi connectivity index (χ3n) is 5.37. The lowest BCUT2D eigenvalue weighted by Gasteiger charge is -2.39. The second-order valence-corrected chi connectivity index (χ2v) is 7.06. The van der Waals surface area contributed by atoms with E-state index in [1.54, 1.807) is 6.92 Å². The normalized spacial score (nSPS) is 26.8. The number of aromatic nitrogens is 2. The number of H-pyrrole nitrogens is 1. The molecule has 0 spiro atoms. The van der Waals surface area contributed by atoms with Crippen molar-refractivity contribution in [2.75, 3.05) is 45.8 Å². The van der Waals surface area contributed by atoms with E-state index in [1.165, 1.54) is 31.6 Å². The average Bonchev–Trinajstić information content (AvgIpc) is 3.17. The van der Waals surface area contributed by atoms with Gasteiger partial charge in [0.1, 0.15) is 0 Å². The van der Waals surface area contributed by atoms with Gasteiger partial charge in [-0.1, -0.05) is 6.92 Å². The van der Waals surface area contributed by atoms with Crippen LogP contribution in [0, 0.1) is 5.92 Å². The molecule has 0 bridgehead atoms. The van der Waals surface area contributed by atoms with Gasteiger partial charge in [0.2, 0.25) is 5.91 Å². The van der Waals surface area contributed by atoms with Gasteiger partial charge in [-0.25, -0.2) is 0 Å². The van der Waals surface area contributed by atoms with E-state index in [2.05, 4.69) is 26.9 Å². The summed E-state index contributed by atoms with van der Waals surface area (Å²) in [5, 5.41) is 6.88. The number of piperazine rings is 1. The molecule has 23 heavy (non-hydrogen) atoms. The van der Waals surface area contributed by atoms with Crippen molar-refractivity contribution >= 4 is 5.91 Å². The van der Waals surface area contributed by atoms with E-state index in [4.69, 9.17) is 0 Å². The SMILES string of the molecule is CC(=O)N1CCN(C2CN(CCCc3cn[nH]c3)CC2C)CC1. The first-order chi connectivity index (χ1) is 11.1. The van der Waals surface area contributed by atoms with Crippen LogP contribution < -0.4 is 0 Å². The first kappa shape index (κ1) is 16.5. The minimum absolute atomic E-state index is 0.213. The molecule has 0 radical (unpaired) electrons. The highest BCUT2D eigenvalue weighted by atomic mass is 16.2. The molecule has 2 saturated heterocycles. The molecule has 1 N–H and O–H groups in total. The summed E-state index contributed by atoms with van der Waals surface area (Å²) < 4.78 is 0. The Morgan fingerprint density at radius 2 is 2.09 bits per heavy atom. The molecule has 0 saturated carbocycles. The van der Waals surface area contributed by atoms with Gasteiger partial charge in [0.15, 0.2) is 0 Å². The highest BCUT2D eigenvalue weighted by Gasteiger charge is 2.35. The van der Waals surface area contributed by atoms with Crippen LogP contribution in [-0.2, 0) is 11.2 Å². The Morgan fingerprint density at radius 3 is 2.74 bits per heavy atom. The minimum atomic E-state index is 0.213. The second-order valence-electron chi connectivity index (χ2n) is 7.06. The number of carbonyl (C=O) groups is 1. The lowest BCUT2D eigenvalue weighted by atomic mass is 10.0. The lowest BCUT2D eigenvalue weighted by Crippen LogP contribution is -2.53. The standard InChI is InChI=1S/C17H29N5O/c1-14-12-20(5-3-4-16-10-18-19-11-16)13-17(14)22-8-6-21(7-9-22)15(2)23/h10-11,14,17H,3-9,12-13H2,1-2H3,(H,18,19). The maximum atomic E-state index is 11.5. The lowest BCUT2D eigenvalue weighted by molar-refractivity contribution is -0.130. The number of aromatic amines is 1. The Kier molecular flexibility index (Phi) is 5.33. The predicted octanol–water partition coefficient (Wildman–Crippen LogP) is 0.827. The van der Waals surface area contributed by atoms with Gasteiger partial charge in [-0.05, 0) is 30.9 Å². The third kappa shape index (κ3) is 4.12. The van der Waals surface area contributed by atoms with Crippen LogP contribution in [0.1, 0.15) is 25.8 Å². The van der Waals surface area contributed by atoms with Gasteiger partial charge in [-0.2, -0.15) is 5.10 Å². The van der Waals surface area contributed by atoms with Crippen LogP contribution in [0.4, 0.5) is 0 Å². The molecular formula is C17H29N5O. The van der Waals surface area contributed by atoms with Gasteiger partial charge in [0.25, 0.3) is 0 Å². The Bertz CT molecular complexity index is 495.